The van der Waals surface area contributed by atoms with Gasteiger partial charge in [0.15, 0.2) is 5.76 Å². The van der Waals surface area contributed by atoms with E-state index in [0.29, 0.717) is 0 Å². The molecule has 0 rings (SSSR count). The molecule has 0 saturated carbocycles. The highest BCUT2D eigenvalue weighted by atomic mass is 16.5. The summed E-state index contributed by atoms with van der Waals surface area (Å²) in [7, 11) is 1.40. The molecule has 0 unspecified atom stereocenters. The second-order valence-corrected chi connectivity index (χ2v) is 1.32. The Morgan fingerprint density at radius 3 is 2.44 bits per heavy atom. The molecule has 50 valence electrons. The Kier molecular flexibility index (Phi) is 3.12. The molecule has 0 radical (unpaired) electrons. The standard InChI is InChI=1S/C5H8N2O2/c1-9-4(3-6)2-5(7)8/h2-3,6H,1H3,(H2,7,8)/p+1. The van der Waals surface area contributed by atoms with E-state index in [9.17, 15) is 4.79 Å². The van der Waals surface area contributed by atoms with Crippen molar-refractivity contribution in [2.75, 3.05) is 7.11 Å². The van der Waals surface area contributed by atoms with Crippen LogP contribution in [0.1, 0.15) is 0 Å². The molecule has 0 aromatic carbocycles. The quantitative estimate of drug-likeness (QED) is 0.258. The molecule has 0 heterocycles. The lowest BCUT2D eigenvalue weighted by atomic mass is 10.4. The van der Waals surface area contributed by atoms with Gasteiger partial charge in [0.25, 0.3) is 0 Å². The third kappa shape index (κ3) is 3.28. The predicted molar refractivity (Wildman–Crippen MR) is 32.3 cm³/mol. The van der Waals surface area contributed by atoms with Crippen LogP contribution >= 0.6 is 0 Å². The van der Waals surface area contributed by atoms with Crippen molar-refractivity contribution in [1.82, 2.24) is 0 Å². The molecule has 0 aliphatic rings. The Bertz CT molecular complexity index is 151. The molecule has 0 aromatic heterocycles. The number of allylic oxidation sites excluding steroid dienone is 1. The van der Waals surface area contributed by atoms with Crippen LogP contribution in [0.5, 0.6) is 0 Å². The first kappa shape index (κ1) is 7.68. The zero-order valence-electron chi connectivity index (χ0n) is 5.13. The van der Waals surface area contributed by atoms with E-state index in [-0.39, 0.29) is 5.76 Å². The highest BCUT2D eigenvalue weighted by Crippen LogP contribution is 1.85. The third-order valence-corrected chi connectivity index (χ3v) is 0.684. The molecule has 0 spiro atoms. The van der Waals surface area contributed by atoms with E-state index in [1.54, 1.807) is 0 Å². The molecule has 0 atom stereocenters. The van der Waals surface area contributed by atoms with Crippen LogP contribution in [0.15, 0.2) is 11.8 Å². The lowest BCUT2D eigenvalue weighted by Crippen LogP contribution is -2.31. The van der Waals surface area contributed by atoms with Gasteiger partial charge in [-0.05, 0) is 0 Å². The number of methoxy groups -OCH3 is 1. The van der Waals surface area contributed by atoms with E-state index in [1.807, 2.05) is 0 Å². The van der Waals surface area contributed by atoms with Crippen LogP contribution < -0.4 is 11.1 Å². The molecule has 0 aromatic rings. The minimum atomic E-state index is -0.575. The SMILES string of the molecule is COC(C=[NH2+])=CC(N)=O. The summed E-state index contributed by atoms with van der Waals surface area (Å²) in [4.78, 5) is 10.1. The van der Waals surface area contributed by atoms with Crippen LogP contribution in [0.4, 0.5) is 0 Å². The molecule has 4 nitrogen and oxygen atoms in total. The number of ether oxygens (including phenoxy) is 1. The second-order valence-electron chi connectivity index (χ2n) is 1.32. The maximum Gasteiger partial charge on any atom is 0.245 e. The third-order valence-electron chi connectivity index (χ3n) is 0.684. The fourth-order valence-corrected chi connectivity index (χ4v) is 0.315. The minimum Gasteiger partial charge on any atom is -0.491 e. The summed E-state index contributed by atoms with van der Waals surface area (Å²) < 4.78 is 4.59. The van der Waals surface area contributed by atoms with Gasteiger partial charge in [-0.2, -0.15) is 0 Å². The number of rotatable bonds is 3. The van der Waals surface area contributed by atoms with Crippen molar-refractivity contribution < 1.29 is 14.9 Å². The Labute approximate surface area is 52.8 Å². The number of nitrogens with two attached hydrogens (primary N) is 2. The van der Waals surface area contributed by atoms with Crippen LogP contribution in [-0.4, -0.2) is 19.2 Å². The molecule has 0 bridgehead atoms. The lowest BCUT2D eigenvalue weighted by Gasteiger charge is -1.91. The number of amides is 1. The molecular formula is C5H9N2O2+. The lowest BCUT2D eigenvalue weighted by molar-refractivity contribution is -0.114. The smallest absolute Gasteiger partial charge is 0.245 e. The fourth-order valence-electron chi connectivity index (χ4n) is 0.315. The van der Waals surface area contributed by atoms with Gasteiger partial charge in [-0.1, -0.05) is 0 Å². The van der Waals surface area contributed by atoms with Crippen LogP contribution in [-0.2, 0) is 9.53 Å². The molecule has 0 aliphatic carbocycles. The first-order valence-electron chi connectivity index (χ1n) is 2.30. The summed E-state index contributed by atoms with van der Waals surface area (Å²) in [5, 5.41) is 5.01. The highest BCUT2D eigenvalue weighted by molar-refractivity contribution is 5.91. The Hall–Kier alpha value is -1.32. The number of primary amides is 1. The Morgan fingerprint density at radius 2 is 2.33 bits per heavy atom. The normalized spacial score (nSPS) is 10.6. The summed E-state index contributed by atoms with van der Waals surface area (Å²) in [6.45, 7) is 0. The first-order valence-corrected chi connectivity index (χ1v) is 2.30. The molecule has 1 amide bonds. The van der Waals surface area contributed by atoms with Crippen molar-refractivity contribution in [3.8, 4) is 0 Å². The zero-order valence-corrected chi connectivity index (χ0v) is 5.13. The van der Waals surface area contributed by atoms with Crippen molar-refractivity contribution >= 4 is 12.1 Å². The van der Waals surface area contributed by atoms with Crippen molar-refractivity contribution in [2.45, 2.75) is 0 Å². The van der Waals surface area contributed by atoms with Crippen molar-refractivity contribution in [3.05, 3.63) is 11.8 Å². The topological polar surface area (TPSA) is 77.9 Å². The Balaban J connectivity index is 4.07. The van der Waals surface area contributed by atoms with Gasteiger partial charge >= 0.3 is 0 Å². The minimum absolute atomic E-state index is 0.266. The summed E-state index contributed by atoms with van der Waals surface area (Å²) in [6, 6.07) is 0. The van der Waals surface area contributed by atoms with E-state index < -0.39 is 5.91 Å². The number of hydrogen-bond donors (Lipinski definition) is 2. The van der Waals surface area contributed by atoms with Crippen LogP contribution in [0.2, 0.25) is 0 Å². The van der Waals surface area contributed by atoms with Gasteiger partial charge in [0.1, 0.15) is 0 Å². The van der Waals surface area contributed by atoms with Gasteiger partial charge in [0, 0.05) is 0 Å². The van der Waals surface area contributed by atoms with E-state index in [1.165, 1.54) is 7.11 Å². The summed E-state index contributed by atoms with van der Waals surface area (Å²) in [6.07, 6.45) is 2.25. The zero-order chi connectivity index (χ0) is 7.28. The van der Waals surface area contributed by atoms with E-state index in [0.717, 1.165) is 12.3 Å². The molecule has 4 N–H and O–H groups in total. The van der Waals surface area contributed by atoms with Crippen molar-refractivity contribution in [1.29, 1.82) is 0 Å². The summed E-state index contributed by atoms with van der Waals surface area (Å²) in [5.41, 5.74) is 4.77. The molecule has 0 aliphatic heterocycles. The average Bonchev–Trinajstić information content (AvgIpc) is 1.82. The van der Waals surface area contributed by atoms with Gasteiger partial charge in [0.2, 0.25) is 12.1 Å². The highest BCUT2D eigenvalue weighted by Gasteiger charge is 1.94. The van der Waals surface area contributed by atoms with Crippen LogP contribution in [0.3, 0.4) is 0 Å². The monoisotopic (exact) mass is 129 g/mol. The van der Waals surface area contributed by atoms with Crippen LogP contribution in [0, 0.1) is 0 Å². The van der Waals surface area contributed by atoms with Gasteiger partial charge in [-0.15, -0.1) is 0 Å². The molecule has 4 heteroatoms. The average molecular weight is 129 g/mol. The fraction of sp³-hybridized carbons (Fsp3) is 0.200. The molecule has 9 heavy (non-hydrogen) atoms. The van der Waals surface area contributed by atoms with E-state index in [4.69, 9.17) is 11.1 Å². The van der Waals surface area contributed by atoms with Gasteiger partial charge in [0.05, 0.1) is 13.2 Å². The summed E-state index contributed by atoms with van der Waals surface area (Å²) >= 11 is 0. The van der Waals surface area contributed by atoms with Gasteiger partial charge < -0.3 is 10.5 Å². The number of carbonyl (C=O) groups is 1. The van der Waals surface area contributed by atoms with Gasteiger partial charge in [-0.25, -0.2) is 0 Å². The molecule has 0 fully saturated rings. The maximum atomic E-state index is 10.1. The van der Waals surface area contributed by atoms with E-state index >= 15 is 0 Å². The number of carbonyl (C=O) groups excluding carboxylic acids is 1. The largest absolute Gasteiger partial charge is 0.491 e. The summed E-state index contributed by atoms with van der Waals surface area (Å²) in [5.74, 6) is -0.309. The van der Waals surface area contributed by atoms with Crippen molar-refractivity contribution in [2.24, 2.45) is 5.73 Å². The van der Waals surface area contributed by atoms with E-state index in [2.05, 4.69) is 4.74 Å². The van der Waals surface area contributed by atoms with Gasteiger partial charge in [-0.3, -0.25) is 10.2 Å². The van der Waals surface area contributed by atoms with Crippen LogP contribution in [0.25, 0.3) is 0 Å². The predicted octanol–water partition coefficient (Wildman–Crippen LogP) is -2.17. The Morgan fingerprint density at radius 1 is 1.78 bits per heavy atom. The first-order chi connectivity index (χ1) is 4.20. The second kappa shape index (κ2) is 3.65. The molecular weight excluding hydrogens is 120 g/mol. The van der Waals surface area contributed by atoms with Crippen molar-refractivity contribution in [3.63, 3.8) is 0 Å². The maximum absolute atomic E-state index is 10.1. The molecule has 0 saturated heterocycles. The number of hydrogen-bond acceptors (Lipinski definition) is 2.